The zero-order valence-corrected chi connectivity index (χ0v) is 12.3. The first-order valence-corrected chi connectivity index (χ1v) is 6.79. The van der Waals surface area contributed by atoms with Crippen LogP contribution in [0.15, 0.2) is 42.5 Å². The minimum absolute atomic E-state index is 0.126. The topological polar surface area (TPSA) is 12.0 Å². The lowest BCUT2D eigenvalue weighted by atomic mass is 10.1. The quantitative estimate of drug-likeness (QED) is 0.566. The zero-order chi connectivity index (χ0) is 14.8. The van der Waals surface area contributed by atoms with Crippen molar-refractivity contribution in [3.63, 3.8) is 0 Å². The van der Waals surface area contributed by atoms with Crippen molar-refractivity contribution in [3.8, 4) is 0 Å². The molecule has 0 unspecified atom stereocenters. The van der Waals surface area contributed by atoms with Gasteiger partial charge < -0.3 is 5.32 Å². The van der Waals surface area contributed by atoms with Gasteiger partial charge in [0.2, 0.25) is 0 Å². The first-order valence-electron chi connectivity index (χ1n) is 5.71. The molecule has 0 aliphatic rings. The molecular weight excluding hydrogens is 385 g/mol. The van der Waals surface area contributed by atoms with Crippen LogP contribution in [0.4, 0.5) is 23.2 Å². The SMILES string of the molecule is Fc1cc(CNc2ccccc2I)cc(C(F)(F)F)c1. The first kappa shape index (κ1) is 15.1. The molecule has 1 nitrogen and oxygen atoms in total. The molecule has 0 bridgehead atoms. The smallest absolute Gasteiger partial charge is 0.380 e. The summed E-state index contributed by atoms with van der Waals surface area (Å²) < 4.78 is 51.9. The molecule has 0 fully saturated rings. The number of para-hydroxylation sites is 1. The van der Waals surface area contributed by atoms with E-state index in [9.17, 15) is 17.6 Å². The van der Waals surface area contributed by atoms with E-state index < -0.39 is 17.6 Å². The minimum atomic E-state index is -4.54. The van der Waals surface area contributed by atoms with Gasteiger partial charge in [-0.15, -0.1) is 0 Å². The molecule has 0 spiro atoms. The second-order valence-corrected chi connectivity index (χ2v) is 5.34. The molecule has 0 aromatic heterocycles. The maximum atomic E-state index is 13.2. The van der Waals surface area contributed by atoms with Crippen LogP contribution in [0.3, 0.4) is 0 Å². The number of hydrogen-bond acceptors (Lipinski definition) is 1. The second kappa shape index (κ2) is 5.99. The van der Waals surface area contributed by atoms with E-state index in [1.807, 2.05) is 24.3 Å². The average molecular weight is 395 g/mol. The highest BCUT2D eigenvalue weighted by Gasteiger charge is 2.31. The molecule has 20 heavy (non-hydrogen) atoms. The van der Waals surface area contributed by atoms with Crippen molar-refractivity contribution in [2.45, 2.75) is 12.7 Å². The fraction of sp³-hybridized carbons (Fsp3) is 0.143. The standard InChI is InChI=1S/C14H10F4IN/c15-11-6-9(5-10(7-11)14(16,17)18)8-20-13-4-2-1-3-12(13)19/h1-7,20H,8H2. The van der Waals surface area contributed by atoms with Crippen LogP contribution < -0.4 is 5.32 Å². The second-order valence-electron chi connectivity index (χ2n) is 4.18. The molecule has 0 heterocycles. The summed E-state index contributed by atoms with van der Waals surface area (Å²) in [6.07, 6.45) is -4.54. The van der Waals surface area contributed by atoms with Gasteiger partial charge in [0.15, 0.2) is 0 Å². The summed E-state index contributed by atoms with van der Waals surface area (Å²) in [6, 6.07) is 9.90. The lowest BCUT2D eigenvalue weighted by molar-refractivity contribution is -0.137. The maximum absolute atomic E-state index is 13.2. The van der Waals surface area contributed by atoms with Crippen molar-refractivity contribution in [3.05, 3.63) is 63.0 Å². The molecule has 0 saturated carbocycles. The Kier molecular flexibility index (Phi) is 4.52. The Labute approximate surface area is 127 Å². The zero-order valence-electron chi connectivity index (χ0n) is 10.1. The van der Waals surface area contributed by atoms with Crippen LogP contribution >= 0.6 is 22.6 Å². The molecular formula is C14H10F4IN. The maximum Gasteiger partial charge on any atom is 0.416 e. The predicted octanol–water partition coefficient (Wildman–Crippen LogP) is 5.06. The monoisotopic (exact) mass is 395 g/mol. The number of hydrogen-bond donors (Lipinski definition) is 1. The van der Waals surface area contributed by atoms with Crippen molar-refractivity contribution in [1.82, 2.24) is 0 Å². The highest BCUT2D eigenvalue weighted by Crippen LogP contribution is 2.30. The van der Waals surface area contributed by atoms with Gasteiger partial charge in [-0.25, -0.2) is 4.39 Å². The van der Waals surface area contributed by atoms with Crippen molar-refractivity contribution < 1.29 is 17.6 Å². The number of halogens is 5. The third kappa shape index (κ3) is 3.84. The van der Waals surface area contributed by atoms with Gasteiger partial charge in [0.05, 0.1) is 5.56 Å². The Bertz CT molecular complexity index is 610. The molecule has 0 aliphatic heterocycles. The number of alkyl halides is 3. The molecule has 0 saturated heterocycles. The fourth-order valence-electron chi connectivity index (χ4n) is 1.72. The van der Waals surface area contributed by atoms with Crippen LogP contribution in [-0.4, -0.2) is 0 Å². The highest BCUT2D eigenvalue weighted by atomic mass is 127. The number of rotatable bonds is 3. The summed E-state index contributed by atoms with van der Waals surface area (Å²) in [6.45, 7) is 0.126. The summed E-state index contributed by atoms with van der Waals surface area (Å²) in [7, 11) is 0. The van der Waals surface area contributed by atoms with E-state index in [0.717, 1.165) is 21.4 Å². The van der Waals surface area contributed by atoms with Gasteiger partial charge in [0.25, 0.3) is 0 Å². The summed E-state index contributed by atoms with van der Waals surface area (Å²) in [5.74, 6) is -0.889. The molecule has 0 amide bonds. The van der Waals surface area contributed by atoms with Gasteiger partial charge in [-0.2, -0.15) is 13.2 Å². The van der Waals surface area contributed by atoms with Crippen molar-refractivity contribution in [1.29, 1.82) is 0 Å². The third-order valence-corrected chi connectivity index (χ3v) is 3.58. The Morgan fingerprint density at radius 3 is 2.40 bits per heavy atom. The van der Waals surface area contributed by atoms with Crippen molar-refractivity contribution >= 4 is 28.3 Å². The highest BCUT2D eigenvalue weighted by molar-refractivity contribution is 14.1. The van der Waals surface area contributed by atoms with Gasteiger partial charge in [0, 0.05) is 15.8 Å². The Hall–Kier alpha value is -1.31. The van der Waals surface area contributed by atoms with Crippen molar-refractivity contribution in [2.75, 3.05) is 5.32 Å². The molecule has 0 aliphatic carbocycles. The van der Waals surface area contributed by atoms with Crippen LogP contribution in [0.5, 0.6) is 0 Å². The predicted molar refractivity (Wildman–Crippen MR) is 77.9 cm³/mol. The van der Waals surface area contributed by atoms with Gasteiger partial charge in [-0.05, 0) is 58.5 Å². The molecule has 106 valence electrons. The average Bonchev–Trinajstić information content (AvgIpc) is 2.36. The Morgan fingerprint density at radius 1 is 1.05 bits per heavy atom. The Morgan fingerprint density at radius 2 is 1.75 bits per heavy atom. The summed E-state index contributed by atoms with van der Waals surface area (Å²) in [5.41, 5.74) is 0.0694. The van der Waals surface area contributed by atoms with Crippen LogP contribution in [0.1, 0.15) is 11.1 Å². The molecule has 1 N–H and O–H groups in total. The summed E-state index contributed by atoms with van der Waals surface area (Å²) >= 11 is 2.11. The van der Waals surface area contributed by atoms with Crippen LogP contribution in [0, 0.1) is 9.39 Å². The van der Waals surface area contributed by atoms with Crippen molar-refractivity contribution in [2.24, 2.45) is 0 Å². The molecule has 6 heteroatoms. The van der Waals surface area contributed by atoms with Gasteiger partial charge in [-0.3, -0.25) is 0 Å². The Balaban J connectivity index is 2.18. The van der Waals surface area contributed by atoms with Gasteiger partial charge >= 0.3 is 6.18 Å². The van der Waals surface area contributed by atoms with E-state index in [2.05, 4.69) is 27.9 Å². The van der Waals surface area contributed by atoms with E-state index >= 15 is 0 Å². The fourth-order valence-corrected chi connectivity index (χ4v) is 2.30. The van der Waals surface area contributed by atoms with E-state index in [1.54, 1.807) is 0 Å². The van der Waals surface area contributed by atoms with Gasteiger partial charge in [0.1, 0.15) is 5.82 Å². The first-order chi connectivity index (χ1) is 9.36. The van der Waals surface area contributed by atoms with Crippen LogP contribution in [-0.2, 0) is 12.7 Å². The van der Waals surface area contributed by atoms with Crippen LogP contribution in [0.25, 0.3) is 0 Å². The number of anilines is 1. The minimum Gasteiger partial charge on any atom is -0.380 e. The summed E-state index contributed by atoms with van der Waals surface area (Å²) in [4.78, 5) is 0. The molecule has 2 rings (SSSR count). The van der Waals surface area contributed by atoms with E-state index in [-0.39, 0.29) is 12.1 Å². The van der Waals surface area contributed by atoms with Crippen LogP contribution in [0.2, 0.25) is 0 Å². The molecule has 0 radical (unpaired) electrons. The molecule has 2 aromatic rings. The largest absolute Gasteiger partial charge is 0.416 e. The van der Waals surface area contributed by atoms with Gasteiger partial charge in [-0.1, -0.05) is 12.1 Å². The molecule has 0 atom stereocenters. The third-order valence-electron chi connectivity index (χ3n) is 2.64. The molecule has 2 aromatic carbocycles. The lowest BCUT2D eigenvalue weighted by Gasteiger charge is -2.11. The summed E-state index contributed by atoms with van der Waals surface area (Å²) in [5, 5.41) is 2.99. The van der Waals surface area contributed by atoms with E-state index in [0.29, 0.717) is 6.07 Å². The number of benzene rings is 2. The van der Waals surface area contributed by atoms with E-state index in [1.165, 1.54) is 0 Å². The lowest BCUT2D eigenvalue weighted by Crippen LogP contribution is -2.08. The van der Waals surface area contributed by atoms with E-state index in [4.69, 9.17) is 0 Å². The number of nitrogens with one attached hydrogen (secondary N) is 1. The normalized spacial score (nSPS) is 11.4.